The van der Waals surface area contributed by atoms with Crippen LogP contribution in [0, 0.1) is 11.3 Å². The van der Waals surface area contributed by atoms with E-state index in [1.54, 1.807) is 18.2 Å². The summed E-state index contributed by atoms with van der Waals surface area (Å²) >= 11 is 0. The lowest BCUT2D eigenvalue weighted by Crippen LogP contribution is -1.99. The minimum absolute atomic E-state index is 0.130. The van der Waals surface area contributed by atoms with Gasteiger partial charge in [0, 0.05) is 5.56 Å². The van der Waals surface area contributed by atoms with Crippen molar-refractivity contribution >= 4 is 12.1 Å². The summed E-state index contributed by atoms with van der Waals surface area (Å²) in [5.74, 6) is -0.257. The molecule has 0 unspecified atom stereocenters. The number of nitrogens with zero attached hydrogens (tertiary/aromatic N) is 1. The molecule has 3 nitrogen and oxygen atoms in total. The van der Waals surface area contributed by atoms with Gasteiger partial charge < -0.3 is 4.79 Å². The number of nitriles is 1. The van der Waals surface area contributed by atoms with Gasteiger partial charge in [0.15, 0.2) is 5.78 Å². The van der Waals surface area contributed by atoms with E-state index in [1.165, 1.54) is 6.07 Å². The van der Waals surface area contributed by atoms with E-state index >= 15 is 0 Å². The predicted molar refractivity (Wildman–Crippen MR) is 46.2 cm³/mol. The molecule has 0 radical (unpaired) electrons. The summed E-state index contributed by atoms with van der Waals surface area (Å²) in [6.45, 7) is 0. The van der Waals surface area contributed by atoms with E-state index in [2.05, 4.69) is 0 Å². The highest BCUT2D eigenvalue weighted by Gasteiger charge is 2.04. The average Bonchev–Trinajstić information content (AvgIpc) is 2.18. The SMILES string of the molecule is N#Cc1cccc(C(=O)CC=O)c1. The van der Waals surface area contributed by atoms with Crippen LogP contribution in [0.4, 0.5) is 0 Å². The Kier molecular flexibility index (Phi) is 2.93. The van der Waals surface area contributed by atoms with Gasteiger partial charge in [0.1, 0.15) is 6.29 Å². The van der Waals surface area contributed by atoms with E-state index in [9.17, 15) is 9.59 Å². The number of carbonyl (C=O) groups excluding carboxylic acids is 2. The Morgan fingerprint density at radius 1 is 1.54 bits per heavy atom. The normalized spacial score (nSPS) is 8.85. The molecule has 0 bridgehead atoms. The molecule has 0 atom stereocenters. The van der Waals surface area contributed by atoms with Crippen molar-refractivity contribution in [1.82, 2.24) is 0 Å². The second-order valence-corrected chi connectivity index (χ2v) is 2.49. The molecule has 1 rings (SSSR count). The zero-order valence-electron chi connectivity index (χ0n) is 6.86. The molecule has 0 saturated carbocycles. The van der Waals surface area contributed by atoms with Crippen LogP contribution < -0.4 is 0 Å². The van der Waals surface area contributed by atoms with Gasteiger partial charge in [0.25, 0.3) is 0 Å². The van der Waals surface area contributed by atoms with Gasteiger partial charge in [-0.2, -0.15) is 5.26 Å². The third-order valence-corrected chi connectivity index (χ3v) is 1.58. The summed E-state index contributed by atoms with van der Waals surface area (Å²) in [4.78, 5) is 21.2. The number of carbonyl (C=O) groups is 2. The maximum atomic E-state index is 11.2. The first-order valence-corrected chi connectivity index (χ1v) is 3.75. The van der Waals surface area contributed by atoms with Crippen LogP contribution in [-0.2, 0) is 4.79 Å². The molecule has 0 N–H and O–H groups in total. The fourth-order valence-corrected chi connectivity index (χ4v) is 0.956. The lowest BCUT2D eigenvalue weighted by molar-refractivity contribution is -0.107. The molecule has 0 aromatic heterocycles. The molecule has 0 amide bonds. The van der Waals surface area contributed by atoms with E-state index in [0.717, 1.165) is 0 Å². The summed E-state index contributed by atoms with van der Waals surface area (Å²) in [7, 11) is 0. The minimum Gasteiger partial charge on any atom is -0.303 e. The molecule has 1 aromatic carbocycles. The number of aldehydes is 1. The van der Waals surface area contributed by atoms with E-state index in [0.29, 0.717) is 17.4 Å². The van der Waals surface area contributed by atoms with Crippen LogP contribution in [0.5, 0.6) is 0 Å². The Bertz CT molecular complexity index is 377. The number of hydrogen-bond donors (Lipinski definition) is 0. The van der Waals surface area contributed by atoms with Crippen molar-refractivity contribution in [1.29, 1.82) is 5.26 Å². The van der Waals surface area contributed by atoms with Crippen LogP contribution in [0.1, 0.15) is 22.3 Å². The van der Waals surface area contributed by atoms with Crippen LogP contribution in [0.15, 0.2) is 24.3 Å². The summed E-state index contributed by atoms with van der Waals surface area (Å²) in [5.41, 5.74) is 0.836. The van der Waals surface area contributed by atoms with Crippen molar-refractivity contribution in [2.24, 2.45) is 0 Å². The average molecular weight is 173 g/mol. The molecule has 13 heavy (non-hydrogen) atoms. The second-order valence-electron chi connectivity index (χ2n) is 2.49. The molecule has 0 saturated heterocycles. The van der Waals surface area contributed by atoms with E-state index < -0.39 is 0 Å². The smallest absolute Gasteiger partial charge is 0.169 e. The molecular formula is C10H7NO2. The van der Waals surface area contributed by atoms with E-state index in [1.807, 2.05) is 6.07 Å². The topological polar surface area (TPSA) is 57.9 Å². The van der Waals surface area contributed by atoms with Crippen molar-refractivity contribution in [3.63, 3.8) is 0 Å². The highest BCUT2D eigenvalue weighted by molar-refractivity contribution is 6.02. The van der Waals surface area contributed by atoms with Crippen LogP contribution in [-0.4, -0.2) is 12.1 Å². The Hall–Kier alpha value is -1.95. The first kappa shape index (κ1) is 9.14. The number of hydrogen-bond acceptors (Lipinski definition) is 3. The fraction of sp³-hybridized carbons (Fsp3) is 0.100. The molecule has 0 aliphatic carbocycles. The van der Waals surface area contributed by atoms with Crippen LogP contribution in [0.3, 0.4) is 0 Å². The molecule has 0 aliphatic rings. The second kappa shape index (κ2) is 4.17. The molecule has 0 spiro atoms. The number of benzene rings is 1. The standard InChI is InChI=1S/C10H7NO2/c11-7-8-2-1-3-9(6-8)10(13)4-5-12/h1-3,5-6H,4H2. The van der Waals surface area contributed by atoms with Gasteiger partial charge in [0.2, 0.25) is 0 Å². The molecule has 0 fully saturated rings. The van der Waals surface area contributed by atoms with E-state index in [4.69, 9.17) is 5.26 Å². The van der Waals surface area contributed by atoms with Gasteiger partial charge in [-0.05, 0) is 12.1 Å². The Morgan fingerprint density at radius 3 is 2.92 bits per heavy atom. The highest BCUT2D eigenvalue weighted by atomic mass is 16.1. The summed E-state index contributed by atoms with van der Waals surface area (Å²) < 4.78 is 0. The van der Waals surface area contributed by atoms with Crippen molar-refractivity contribution in [3.8, 4) is 6.07 Å². The first-order valence-electron chi connectivity index (χ1n) is 3.75. The van der Waals surface area contributed by atoms with Gasteiger partial charge in [-0.3, -0.25) is 4.79 Å². The first-order chi connectivity index (χ1) is 6.27. The monoisotopic (exact) mass is 173 g/mol. The molecule has 0 heterocycles. The third-order valence-electron chi connectivity index (χ3n) is 1.58. The Labute approximate surface area is 75.6 Å². The van der Waals surface area contributed by atoms with E-state index in [-0.39, 0.29) is 12.2 Å². The van der Waals surface area contributed by atoms with Crippen molar-refractivity contribution < 1.29 is 9.59 Å². The van der Waals surface area contributed by atoms with Gasteiger partial charge >= 0.3 is 0 Å². The minimum atomic E-state index is -0.257. The molecule has 0 aliphatic heterocycles. The van der Waals surface area contributed by atoms with Crippen molar-refractivity contribution in [2.45, 2.75) is 6.42 Å². The number of ketones is 1. The van der Waals surface area contributed by atoms with Gasteiger partial charge in [-0.1, -0.05) is 12.1 Å². The fourth-order valence-electron chi connectivity index (χ4n) is 0.956. The Morgan fingerprint density at radius 2 is 2.31 bits per heavy atom. The summed E-state index contributed by atoms with van der Waals surface area (Å²) in [5, 5.41) is 8.54. The van der Waals surface area contributed by atoms with Crippen molar-refractivity contribution in [2.75, 3.05) is 0 Å². The molecule has 3 heteroatoms. The highest BCUT2D eigenvalue weighted by Crippen LogP contribution is 2.05. The maximum absolute atomic E-state index is 11.2. The lowest BCUT2D eigenvalue weighted by Gasteiger charge is -1.95. The molecule has 64 valence electrons. The zero-order chi connectivity index (χ0) is 9.68. The van der Waals surface area contributed by atoms with Crippen LogP contribution in [0.2, 0.25) is 0 Å². The largest absolute Gasteiger partial charge is 0.303 e. The van der Waals surface area contributed by atoms with Crippen molar-refractivity contribution in [3.05, 3.63) is 35.4 Å². The van der Waals surface area contributed by atoms with Crippen LogP contribution in [0.25, 0.3) is 0 Å². The third kappa shape index (κ3) is 2.24. The maximum Gasteiger partial charge on any atom is 0.169 e. The predicted octanol–water partition coefficient (Wildman–Crippen LogP) is 1.33. The molecule has 1 aromatic rings. The quantitative estimate of drug-likeness (QED) is 0.393. The number of Topliss-reactive ketones (excluding diaryl/α,β-unsaturated/α-hetero) is 1. The van der Waals surface area contributed by atoms with Crippen LogP contribution >= 0.6 is 0 Å². The lowest BCUT2D eigenvalue weighted by atomic mass is 10.1. The van der Waals surface area contributed by atoms with Gasteiger partial charge in [-0.15, -0.1) is 0 Å². The van der Waals surface area contributed by atoms with Gasteiger partial charge in [0.05, 0.1) is 18.1 Å². The number of rotatable bonds is 3. The van der Waals surface area contributed by atoms with Gasteiger partial charge in [-0.25, -0.2) is 0 Å². The molecular weight excluding hydrogens is 166 g/mol. The summed E-state index contributed by atoms with van der Waals surface area (Å²) in [6.07, 6.45) is 0.427. The Balaban J connectivity index is 2.96. The summed E-state index contributed by atoms with van der Waals surface area (Å²) in [6, 6.07) is 8.22. The zero-order valence-corrected chi connectivity index (χ0v) is 6.86.